The molecule has 0 radical (unpaired) electrons. The molecule has 2 aromatic heterocycles. The van der Waals surface area contributed by atoms with Gasteiger partial charge >= 0.3 is 0 Å². The van der Waals surface area contributed by atoms with Gasteiger partial charge in [0.1, 0.15) is 5.82 Å². The van der Waals surface area contributed by atoms with Gasteiger partial charge in [-0.2, -0.15) is 4.39 Å². The molecule has 0 aliphatic carbocycles. The number of anilines is 1. The summed E-state index contributed by atoms with van der Waals surface area (Å²) in [5.41, 5.74) is 1.00. The second kappa shape index (κ2) is 4.53. The molecule has 17 heavy (non-hydrogen) atoms. The van der Waals surface area contributed by atoms with E-state index in [2.05, 4.69) is 15.4 Å². The van der Waals surface area contributed by atoms with Crippen LogP contribution in [-0.4, -0.2) is 20.8 Å². The van der Waals surface area contributed by atoms with Crippen molar-refractivity contribution in [1.82, 2.24) is 14.8 Å². The van der Waals surface area contributed by atoms with Gasteiger partial charge in [0.05, 0.1) is 11.3 Å². The lowest BCUT2D eigenvalue weighted by Crippen LogP contribution is -2.10. The van der Waals surface area contributed by atoms with E-state index in [4.69, 9.17) is 0 Å². The van der Waals surface area contributed by atoms with Gasteiger partial charge in [-0.3, -0.25) is 4.68 Å². The fraction of sp³-hybridized carbons (Fsp3) is 0.333. The van der Waals surface area contributed by atoms with E-state index in [1.165, 1.54) is 4.68 Å². The Bertz CT molecular complexity index is 519. The van der Waals surface area contributed by atoms with Crippen LogP contribution in [-0.2, 0) is 7.05 Å². The molecule has 0 aliphatic heterocycles. The summed E-state index contributed by atoms with van der Waals surface area (Å²) in [4.78, 5) is 4.35. The van der Waals surface area contributed by atoms with E-state index in [0.717, 1.165) is 5.82 Å². The highest BCUT2D eigenvalue weighted by Crippen LogP contribution is 2.21. The number of hydrogen-bond donors (Lipinski definition) is 1. The van der Waals surface area contributed by atoms with E-state index in [9.17, 15) is 4.39 Å². The lowest BCUT2D eigenvalue weighted by molar-refractivity contribution is 0.555. The molecule has 1 N–H and O–H groups in total. The molecule has 0 saturated heterocycles. The second-order valence-corrected chi connectivity index (χ2v) is 4.21. The van der Waals surface area contributed by atoms with Gasteiger partial charge in [0.2, 0.25) is 5.95 Å². The molecule has 4 nitrogen and oxygen atoms in total. The minimum atomic E-state index is -0.498. The molecule has 0 aliphatic rings. The average molecular weight is 234 g/mol. The maximum atomic E-state index is 13.5. The van der Waals surface area contributed by atoms with Crippen molar-refractivity contribution in [2.45, 2.75) is 19.9 Å². The first kappa shape index (κ1) is 11.6. The number of hydrogen-bond acceptors (Lipinski definition) is 3. The highest BCUT2D eigenvalue weighted by molar-refractivity contribution is 5.60. The molecule has 2 heterocycles. The Balaban J connectivity index is 2.36. The topological polar surface area (TPSA) is 42.7 Å². The zero-order valence-corrected chi connectivity index (χ0v) is 10.1. The van der Waals surface area contributed by atoms with Crippen LogP contribution in [0.25, 0.3) is 11.3 Å². The van der Waals surface area contributed by atoms with Crippen molar-refractivity contribution in [3.8, 4) is 11.3 Å². The van der Waals surface area contributed by atoms with Crippen molar-refractivity contribution in [1.29, 1.82) is 0 Å². The first-order valence-corrected chi connectivity index (χ1v) is 5.49. The van der Waals surface area contributed by atoms with E-state index in [1.54, 1.807) is 19.3 Å². The van der Waals surface area contributed by atoms with E-state index < -0.39 is 5.95 Å². The minimum absolute atomic E-state index is 0.288. The van der Waals surface area contributed by atoms with Crippen LogP contribution in [0.2, 0.25) is 0 Å². The number of nitrogens with one attached hydrogen (secondary N) is 1. The summed E-state index contributed by atoms with van der Waals surface area (Å²) in [6.07, 6.45) is 1.62. The smallest absolute Gasteiger partial charge is 0.242 e. The molecule has 0 fully saturated rings. The normalized spacial score (nSPS) is 10.9. The Morgan fingerprint density at radius 3 is 2.71 bits per heavy atom. The van der Waals surface area contributed by atoms with Crippen LogP contribution < -0.4 is 5.32 Å². The summed E-state index contributed by atoms with van der Waals surface area (Å²) in [7, 11) is 1.68. The summed E-state index contributed by atoms with van der Waals surface area (Å²) in [5, 5.41) is 6.85. The number of aromatic nitrogens is 3. The fourth-order valence-corrected chi connectivity index (χ4v) is 1.59. The molecule has 0 unspecified atom stereocenters. The molecule has 0 bridgehead atoms. The minimum Gasteiger partial charge on any atom is -0.368 e. The molecule has 0 spiro atoms. The molecule has 2 rings (SSSR count). The first-order valence-electron chi connectivity index (χ1n) is 5.49. The van der Waals surface area contributed by atoms with E-state index >= 15 is 0 Å². The van der Waals surface area contributed by atoms with Crippen molar-refractivity contribution in [3.05, 3.63) is 30.3 Å². The third-order valence-electron chi connectivity index (χ3n) is 2.25. The number of halogens is 1. The summed E-state index contributed by atoms with van der Waals surface area (Å²) in [6, 6.07) is 5.76. The van der Waals surface area contributed by atoms with Crippen molar-refractivity contribution >= 4 is 5.82 Å². The summed E-state index contributed by atoms with van der Waals surface area (Å²) >= 11 is 0. The maximum Gasteiger partial charge on any atom is 0.242 e. The van der Waals surface area contributed by atoms with Crippen molar-refractivity contribution in [3.63, 3.8) is 0 Å². The fourth-order valence-electron chi connectivity index (χ4n) is 1.59. The molecule has 90 valence electrons. The highest BCUT2D eigenvalue weighted by atomic mass is 19.1. The van der Waals surface area contributed by atoms with Gasteiger partial charge in [0, 0.05) is 19.3 Å². The third-order valence-corrected chi connectivity index (χ3v) is 2.25. The van der Waals surface area contributed by atoms with E-state index in [-0.39, 0.29) is 6.04 Å². The molecule has 0 saturated carbocycles. The van der Waals surface area contributed by atoms with Crippen LogP contribution in [0.4, 0.5) is 10.2 Å². The molecule has 0 amide bonds. The molecule has 0 atom stereocenters. The zero-order chi connectivity index (χ0) is 12.4. The van der Waals surface area contributed by atoms with Crippen LogP contribution in [0.1, 0.15) is 13.8 Å². The predicted octanol–water partition coefficient (Wildman–Crippen LogP) is 2.44. The number of pyridine rings is 1. The van der Waals surface area contributed by atoms with Crippen molar-refractivity contribution in [2.75, 3.05) is 5.32 Å². The van der Waals surface area contributed by atoms with Crippen LogP contribution >= 0.6 is 0 Å². The number of rotatable bonds is 3. The van der Waals surface area contributed by atoms with Gasteiger partial charge in [-0.05, 0) is 26.0 Å². The molecule has 5 heteroatoms. The summed E-state index contributed by atoms with van der Waals surface area (Å²) < 4.78 is 14.9. The lowest BCUT2D eigenvalue weighted by Gasteiger charge is -2.09. The van der Waals surface area contributed by atoms with Crippen LogP contribution in [0, 0.1) is 5.95 Å². The maximum absolute atomic E-state index is 13.5. The van der Waals surface area contributed by atoms with Crippen LogP contribution in [0.3, 0.4) is 0 Å². The Kier molecular flexibility index (Phi) is 3.08. The van der Waals surface area contributed by atoms with Gasteiger partial charge in [-0.15, -0.1) is 5.10 Å². The SMILES string of the molecule is CC(C)Nc1cccc(-c2cn(C)nc2F)n1. The second-order valence-electron chi connectivity index (χ2n) is 4.21. The van der Waals surface area contributed by atoms with Crippen LogP contribution in [0.5, 0.6) is 0 Å². The van der Waals surface area contributed by atoms with Crippen molar-refractivity contribution < 1.29 is 4.39 Å². The molecule has 2 aromatic rings. The highest BCUT2D eigenvalue weighted by Gasteiger charge is 2.11. The molecular weight excluding hydrogens is 219 g/mol. The van der Waals surface area contributed by atoms with Gasteiger partial charge in [0.25, 0.3) is 0 Å². The number of nitrogens with zero attached hydrogens (tertiary/aromatic N) is 3. The van der Waals surface area contributed by atoms with E-state index in [1.807, 2.05) is 26.0 Å². The predicted molar refractivity (Wildman–Crippen MR) is 65.2 cm³/mol. The largest absolute Gasteiger partial charge is 0.368 e. The van der Waals surface area contributed by atoms with Crippen LogP contribution in [0.15, 0.2) is 24.4 Å². The molecule has 0 aromatic carbocycles. The average Bonchev–Trinajstić information content (AvgIpc) is 2.57. The van der Waals surface area contributed by atoms with E-state index in [0.29, 0.717) is 11.3 Å². The summed E-state index contributed by atoms with van der Waals surface area (Å²) in [5.74, 6) is 0.238. The summed E-state index contributed by atoms with van der Waals surface area (Å²) in [6.45, 7) is 4.05. The number of aryl methyl sites for hydroxylation is 1. The first-order chi connectivity index (χ1) is 8.06. The Hall–Kier alpha value is -1.91. The standard InChI is InChI=1S/C12H15FN4/c1-8(2)14-11-6-4-5-10(15-11)9-7-17(3)16-12(9)13/h4-8H,1-3H3,(H,14,15). The zero-order valence-electron chi connectivity index (χ0n) is 10.1. The van der Waals surface area contributed by atoms with Crippen molar-refractivity contribution in [2.24, 2.45) is 7.05 Å². The van der Waals surface area contributed by atoms with Gasteiger partial charge < -0.3 is 5.32 Å². The lowest BCUT2D eigenvalue weighted by atomic mass is 10.2. The van der Waals surface area contributed by atoms with Gasteiger partial charge in [0.15, 0.2) is 0 Å². The Morgan fingerprint density at radius 2 is 2.12 bits per heavy atom. The quantitative estimate of drug-likeness (QED) is 0.887. The van der Waals surface area contributed by atoms with Gasteiger partial charge in [-0.25, -0.2) is 4.98 Å². The molecular formula is C12H15FN4. The monoisotopic (exact) mass is 234 g/mol. The Labute approximate surface area is 99.5 Å². The Morgan fingerprint density at radius 1 is 1.35 bits per heavy atom. The third kappa shape index (κ3) is 2.61. The van der Waals surface area contributed by atoms with Gasteiger partial charge in [-0.1, -0.05) is 6.07 Å².